The molecule has 0 saturated carbocycles. The van der Waals surface area contributed by atoms with Crippen LogP contribution in [0.5, 0.6) is 0 Å². The van der Waals surface area contributed by atoms with Crippen LogP contribution in [0.2, 0.25) is 0 Å². The standard InChI is InChI=1S/C10H12IN5O/c11-8-6-13-7-15(10(8)17)3-1-4-16-5-2-9(12)14-16/h2,5-7H,1,3-4H2,(H2,12,14). The number of rotatable bonds is 4. The lowest BCUT2D eigenvalue weighted by atomic mass is 10.4. The minimum absolute atomic E-state index is 0.000536. The highest BCUT2D eigenvalue weighted by molar-refractivity contribution is 14.1. The molecule has 6 nitrogen and oxygen atoms in total. The molecule has 2 aromatic rings. The van der Waals surface area contributed by atoms with Crippen LogP contribution in [0.15, 0.2) is 29.6 Å². The zero-order chi connectivity index (χ0) is 12.3. The van der Waals surface area contributed by atoms with Crippen molar-refractivity contribution in [2.24, 2.45) is 0 Å². The van der Waals surface area contributed by atoms with E-state index in [9.17, 15) is 4.79 Å². The van der Waals surface area contributed by atoms with Gasteiger partial charge in [0.1, 0.15) is 5.82 Å². The van der Waals surface area contributed by atoms with E-state index in [0.29, 0.717) is 15.9 Å². The second kappa shape index (κ2) is 5.30. The van der Waals surface area contributed by atoms with Crippen molar-refractivity contribution in [3.05, 3.63) is 38.7 Å². The molecule has 0 unspecified atom stereocenters. The first kappa shape index (κ1) is 12.1. The molecule has 0 radical (unpaired) electrons. The normalized spacial score (nSPS) is 10.6. The van der Waals surface area contributed by atoms with Crippen molar-refractivity contribution in [3.8, 4) is 0 Å². The first-order valence-corrected chi connectivity index (χ1v) is 6.23. The number of aromatic nitrogens is 4. The van der Waals surface area contributed by atoms with Gasteiger partial charge in [-0.1, -0.05) is 0 Å². The van der Waals surface area contributed by atoms with Crippen molar-refractivity contribution < 1.29 is 0 Å². The maximum Gasteiger partial charge on any atom is 0.266 e. The van der Waals surface area contributed by atoms with Crippen molar-refractivity contribution in [2.45, 2.75) is 19.5 Å². The van der Waals surface area contributed by atoms with Gasteiger partial charge >= 0.3 is 0 Å². The Morgan fingerprint density at radius 3 is 2.94 bits per heavy atom. The number of halogens is 1. The van der Waals surface area contributed by atoms with Crippen molar-refractivity contribution >= 4 is 28.4 Å². The largest absolute Gasteiger partial charge is 0.382 e. The minimum atomic E-state index is 0.000536. The van der Waals surface area contributed by atoms with E-state index >= 15 is 0 Å². The summed E-state index contributed by atoms with van der Waals surface area (Å²) >= 11 is 1.99. The molecule has 0 fully saturated rings. The lowest BCUT2D eigenvalue weighted by molar-refractivity contribution is 0.516. The van der Waals surface area contributed by atoms with Gasteiger partial charge in [-0.3, -0.25) is 14.0 Å². The smallest absolute Gasteiger partial charge is 0.266 e. The van der Waals surface area contributed by atoms with Gasteiger partial charge in [-0.2, -0.15) is 5.10 Å². The lowest BCUT2D eigenvalue weighted by Crippen LogP contribution is -2.23. The fourth-order valence-electron chi connectivity index (χ4n) is 1.49. The molecule has 17 heavy (non-hydrogen) atoms. The topological polar surface area (TPSA) is 78.7 Å². The second-order valence-corrected chi connectivity index (χ2v) is 4.76. The monoisotopic (exact) mass is 345 g/mol. The molecular formula is C10H12IN5O. The third-order valence-corrected chi connectivity index (χ3v) is 3.05. The second-order valence-electron chi connectivity index (χ2n) is 3.60. The van der Waals surface area contributed by atoms with Crippen molar-refractivity contribution in [1.29, 1.82) is 0 Å². The molecule has 0 saturated heterocycles. The van der Waals surface area contributed by atoms with Crippen LogP contribution in [0.4, 0.5) is 5.82 Å². The highest BCUT2D eigenvalue weighted by atomic mass is 127. The number of nitrogens with zero attached hydrogens (tertiary/aromatic N) is 4. The molecular weight excluding hydrogens is 333 g/mol. The van der Waals surface area contributed by atoms with Crippen molar-refractivity contribution in [3.63, 3.8) is 0 Å². The van der Waals surface area contributed by atoms with Crippen molar-refractivity contribution in [1.82, 2.24) is 19.3 Å². The predicted molar refractivity (Wildman–Crippen MR) is 72.5 cm³/mol. The average molecular weight is 345 g/mol. The van der Waals surface area contributed by atoms with E-state index in [0.717, 1.165) is 13.0 Å². The van der Waals surface area contributed by atoms with Crippen LogP contribution in [0.25, 0.3) is 0 Å². The van der Waals surface area contributed by atoms with Gasteiger partial charge in [-0.05, 0) is 35.1 Å². The maximum atomic E-state index is 11.7. The quantitative estimate of drug-likeness (QED) is 0.829. The average Bonchev–Trinajstić information content (AvgIpc) is 2.70. The molecule has 0 spiro atoms. The summed E-state index contributed by atoms with van der Waals surface area (Å²) in [4.78, 5) is 15.7. The molecule has 0 aromatic carbocycles. The van der Waals surface area contributed by atoms with E-state index in [4.69, 9.17) is 5.73 Å². The van der Waals surface area contributed by atoms with Gasteiger partial charge in [0.25, 0.3) is 5.56 Å². The van der Waals surface area contributed by atoms with Gasteiger partial charge in [-0.15, -0.1) is 0 Å². The van der Waals surface area contributed by atoms with Crippen LogP contribution < -0.4 is 11.3 Å². The molecule has 0 amide bonds. The number of nitrogen functional groups attached to an aromatic ring is 1. The molecule has 90 valence electrons. The molecule has 7 heteroatoms. The SMILES string of the molecule is Nc1ccn(CCCn2cncc(I)c2=O)n1. The van der Waals surface area contributed by atoms with Gasteiger partial charge in [0.05, 0.1) is 9.90 Å². The fraction of sp³-hybridized carbons (Fsp3) is 0.300. The first-order chi connectivity index (χ1) is 8.16. The minimum Gasteiger partial charge on any atom is -0.382 e. The van der Waals surface area contributed by atoms with Crippen LogP contribution in [0, 0.1) is 3.57 Å². The summed E-state index contributed by atoms with van der Waals surface area (Å²) in [5.41, 5.74) is 5.51. The van der Waals surface area contributed by atoms with E-state index in [2.05, 4.69) is 10.1 Å². The molecule has 2 rings (SSSR count). The Morgan fingerprint density at radius 2 is 2.24 bits per heavy atom. The first-order valence-electron chi connectivity index (χ1n) is 5.15. The van der Waals surface area contributed by atoms with Crippen LogP contribution in [-0.2, 0) is 13.1 Å². The summed E-state index contributed by atoms with van der Waals surface area (Å²) in [5.74, 6) is 0.512. The molecule has 2 N–H and O–H groups in total. The summed E-state index contributed by atoms with van der Waals surface area (Å²) in [7, 11) is 0. The summed E-state index contributed by atoms with van der Waals surface area (Å²) in [6.45, 7) is 1.36. The molecule has 0 aliphatic carbocycles. The Morgan fingerprint density at radius 1 is 1.41 bits per heavy atom. The zero-order valence-electron chi connectivity index (χ0n) is 9.08. The summed E-state index contributed by atoms with van der Waals surface area (Å²) in [6, 6.07) is 1.75. The Labute approximate surface area is 112 Å². The van der Waals surface area contributed by atoms with Gasteiger partial charge in [0, 0.05) is 25.5 Å². The van der Waals surface area contributed by atoms with Crippen LogP contribution >= 0.6 is 22.6 Å². The highest BCUT2D eigenvalue weighted by Crippen LogP contribution is 1.99. The van der Waals surface area contributed by atoms with Gasteiger partial charge in [0.15, 0.2) is 0 Å². The van der Waals surface area contributed by atoms with Gasteiger partial charge in [0.2, 0.25) is 0 Å². The van der Waals surface area contributed by atoms with E-state index in [1.165, 1.54) is 0 Å². The van der Waals surface area contributed by atoms with E-state index in [1.807, 2.05) is 28.8 Å². The van der Waals surface area contributed by atoms with Crippen LogP contribution in [0.3, 0.4) is 0 Å². The number of hydrogen-bond acceptors (Lipinski definition) is 4. The maximum absolute atomic E-state index is 11.7. The highest BCUT2D eigenvalue weighted by Gasteiger charge is 2.01. The van der Waals surface area contributed by atoms with E-state index in [-0.39, 0.29) is 5.56 Å². The fourth-order valence-corrected chi connectivity index (χ4v) is 1.96. The molecule has 0 aliphatic heterocycles. The number of anilines is 1. The molecule has 2 heterocycles. The molecule has 0 aliphatic rings. The summed E-state index contributed by atoms with van der Waals surface area (Å²) < 4.78 is 4.00. The Hall–Kier alpha value is -1.38. The van der Waals surface area contributed by atoms with E-state index < -0.39 is 0 Å². The van der Waals surface area contributed by atoms with Crippen molar-refractivity contribution in [2.75, 3.05) is 5.73 Å². The van der Waals surface area contributed by atoms with E-state index in [1.54, 1.807) is 27.8 Å². The Kier molecular flexibility index (Phi) is 3.77. The van der Waals surface area contributed by atoms with Gasteiger partial charge < -0.3 is 5.73 Å². The third kappa shape index (κ3) is 3.05. The molecule has 2 aromatic heterocycles. The molecule has 0 bridgehead atoms. The van der Waals surface area contributed by atoms with Gasteiger partial charge in [-0.25, -0.2) is 4.98 Å². The zero-order valence-corrected chi connectivity index (χ0v) is 11.2. The Balaban J connectivity index is 1.94. The van der Waals surface area contributed by atoms with Crippen LogP contribution in [0.1, 0.15) is 6.42 Å². The third-order valence-electron chi connectivity index (χ3n) is 2.31. The summed E-state index contributed by atoms with van der Waals surface area (Å²) in [6.07, 6.45) is 5.75. The predicted octanol–water partition coefficient (Wildman–Crippen LogP) is 0.717. The summed E-state index contributed by atoms with van der Waals surface area (Å²) in [5, 5.41) is 4.07. The molecule has 0 atom stereocenters. The lowest BCUT2D eigenvalue weighted by Gasteiger charge is -2.05. The van der Waals surface area contributed by atoms with Crippen LogP contribution in [-0.4, -0.2) is 19.3 Å². The number of nitrogens with two attached hydrogens (primary N) is 1. The number of aryl methyl sites for hydroxylation is 2. The Bertz CT molecular complexity index is 562. The number of hydrogen-bond donors (Lipinski definition) is 1.